The molecule has 4 aromatic rings. The Morgan fingerprint density at radius 3 is 0.679 bits per heavy atom. The van der Waals surface area contributed by atoms with Crippen LogP contribution in [0.2, 0.25) is 0 Å². The van der Waals surface area contributed by atoms with Gasteiger partial charge in [-0.1, -0.05) is 134 Å². The van der Waals surface area contributed by atoms with Gasteiger partial charge in [-0.3, -0.25) is 0 Å². The second-order valence-corrected chi connectivity index (χ2v) is 14.7. The van der Waals surface area contributed by atoms with Crippen molar-refractivity contribution in [3.8, 4) is 22.3 Å². The molecule has 0 atom stereocenters. The van der Waals surface area contributed by atoms with Gasteiger partial charge in [-0.15, -0.1) is 0 Å². The molecule has 0 aliphatic carbocycles. The molecule has 0 radical (unpaired) electrons. The van der Waals surface area contributed by atoms with Crippen LogP contribution in [0.1, 0.15) is 25.7 Å². The summed E-state index contributed by atoms with van der Waals surface area (Å²) in [5.74, 6) is 0. The molecule has 0 aliphatic rings. The van der Waals surface area contributed by atoms with Crippen LogP contribution in [-0.2, 0) is 39.0 Å². The standard InChI is InChI=1S/2C12H10.C10H26N4.2ClH.2F6P.2Ru/c2*1-3-7-11(8-4-1)12-9-5-2-6-10-12;11-5-9-13-7-3-1-2-4-8-14-10-6-12;;;2*1-7(2,3,4,5)6;;/h2*1-10H;13-14H,1-12H2;2*1H;;;;/q;;;;;2*-1;2*+2/p-2. The minimum Gasteiger partial charge on any atom is -1.00 e. The minimum absolute atomic E-state index is 0. The Hall–Kier alpha value is -1.43. The number of nitrogens with one attached hydrogen (secondary N) is 2. The van der Waals surface area contributed by atoms with Gasteiger partial charge in [0.1, 0.15) is 0 Å². The van der Waals surface area contributed by atoms with E-state index in [0.717, 1.165) is 39.3 Å². The van der Waals surface area contributed by atoms with E-state index in [1.54, 1.807) is 0 Å². The third kappa shape index (κ3) is 56.9. The summed E-state index contributed by atoms with van der Waals surface area (Å²) >= 11 is 0. The first-order valence-electron chi connectivity index (χ1n) is 15.9. The van der Waals surface area contributed by atoms with Gasteiger partial charge in [-0.25, -0.2) is 0 Å². The minimum atomic E-state index is -10.7. The fourth-order valence-corrected chi connectivity index (χ4v) is 3.83. The van der Waals surface area contributed by atoms with Crippen molar-refractivity contribution < 1.29 is 114 Å². The molecular formula is C34H46Cl2F12N4P2Ru2. The topological polar surface area (TPSA) is 76.1 Å². The number of rotatable bonds is 13. The van der Waals surface area contributed by atoms with Gasteiger partial charge < -0.3 is 46.9 Å². The van der Waals surface area contributed by atoms with Crippen molar-refractivity contribution in [1.29, 1.82) is 0 Å². The second-order valence-electron chi connectivity index (χ2n) is 10.9. The van der Waals surface area contributed by atoms with Crippen LogP contribution in [0, 0.1) is 0 Å². The molecule has 6 N–H and O–H groups in total. The van der Waals surface area contributed by atoms with E-state index < -0.39 is 15.6 Å². The van der Waals surface area contributed by atoms with Crippen molar-refractivity contribution in [1.82, 2.24) is 10.6 Å². The van der Waals surface area contributed by atoms with Crippen molar-refractivity contribution in [2.75, 3.05) is 39.3 Å². The van der Waals surface area contributed by atoms with E-state index in [-0.39, 0.29) is 63.8 Å². The van der Waals surface area contributed by atoms with Crippen LogP contribution in [0.3, 0.4) is 0 Å². The molecular weight excluding hydrogens is 1030 g/mol. The van der Waals surface area contributed by atoms with Crippen molar-refractivity contribution in [2.24, 2.45) is 11.5 Å². The summed E-state index contributed by atoms with van der Waals surface area (Å²) in [5.41, 5.74) is 15.8. The molecule has 0 bridgehead atoms. The predicted octanol–water partition coefficient (Wildman–Crippen LogP) is 7.12. The largest absolute Gasteiger partial charge is 2.00 e. The van der Waals surface area contributed by atoms with Gasteiger partial charge in [-0.2, -0.15) is 0 Å². The summed E-state index contributed by atoms with van der Waals surface area (Å²) in [6.45, 7) is 5.57. The number of hydrogen-bond donors (Lipinski definition) is 4. The van der Waals surface area contributed by atoms with Crippen LogP contribution in [0.25, 0.3) is 22.3 Å². The first-order chi connectivity index (χ1) is 23.7. The number of unbranched alkanes of at least 4 members (excludes halogenated alkanes) is 3. The molecule has 0 fully saturated rings. The van der Waals surface area contributed by atoms with E-state index in [1.807, 2.05) is 24.3 Å². The van der Waals surface area contributed by atoms with Crippen LogP contribution in [0.5, 0.6) is 0 Å². The SMILES string of the molecule is F[P-](F)(F)(F)(F)F.F[P-](F)(F)(F)(F)F.NCCNCCCCCCNCCN.[Cl-].[Cl-].[Ru+2].[Ru+2].c1ccc(-c2ccccc2)cc1.c1ccc(-c2ccccc2)cc1. The summed E-state index contributed by atoms with van der Waals surface area (Å²) in [5, 5.41) is 6.58. The third-order valence-corrected chi connectivity index (χ3v) is 5.86. The maximum atomic E-state index is 9.87. The quantitative estimate of drug-likeness (QED) is 0.0499. The van der Waals surface area contributed by atoms with Gasteiger partial charge in [0.15, 0.2) is 0 Å². The molecule has 4 rings (SSSR count). The van der Waals surface area contributed by atoms with E-state index in [1.165, 1.54) is 47.9 Å². The van der Waals surface area contributed by atoms with Gasteiger partial charge in [-0.05, 0) is 48.2 Å². The molecule has 326 valence electrons. The maximum absolute atomic E-state index is 10.7. The summed E-state index contributed by atoms with van der Waals surface area (Å²) < 4.78 is 118. The Morgan fingerprint density at radius 2 is 0.518 bits per heavy atom. The number of nitrogens with two attached hydrogens (primary N) is 2. The molecule has 0 spiro atoms. The predicted molar refractivity (Wildman–Crippen MR) is 193 cm³/mol. The Balaban J connectivity index is -0.000000195. The summed E-state index contributed by atoms with van der Waals surface area (Å²) in [4.78, 5) is 0. The van der Waals surface area contributed by atoms with Gasteiger partial charge in [0.05, 0.1) is 0 Å². The van der Waals surface area contributed by atoms with E-state index in [4.69, 9.17) is 11.5 Å². The summed E-state index contributed by atoms with van der Waals surface area (Å²) in [7, 11) is -21.3. The smallest absolute Gasteiger partial charge is 1.00 e. The van der Waals surface area contributed by atoms with Crippen LogP contribution >= 0.6 is 15.6 Å². The van der Waals surface area contributed by atoms with E-state index in [0.29, 0.717) is 0 Å². The average Bonchev–Trinajstić information content (AvgIpc) is 3.05. The van der Waals surface area contributed by atoms with Crippen LogP contribution in [-0.4, -0.2) is 39.3 Å². The first-order valence-corrected chi connectivity index (χ1v) is 20.0. The molecule has 0 aliphatic heterocycles. The fourth-order valence-electron chi connectivity index (χ4n) is 3.83. The zero-order chi connectivity index (χ0) is 39.8. The molecule has 0 amide bonds. The summed E-state index contributed by atoms with van der Waals surface area (Å²) in [6.07, 6.45) is 5.14. The van der Waals surface area contributed by atoms with Gasteiger partial charge >= 0.3 is 105 Å². The molecule has 0 unspecified atom stereocenters. The van der Waals surface area contributed by atoms with Crippen LogP contribution in [0.15, 0.2) is 121 Å². The average molecular weight is 1070 g/mol. The normalized spacial score (nSPS) is 12.6. The third-order valence-electron chi connectivity index (χ3n) is 5.86. The van der Waals surface area contributed by atoms with Gasteiger partial charge in [0.2, 0.25) is 0 Å². The van der Waals surface area contributed by atoms with Crippen molar-refractivity contribution in [3.63, 3.8) is 0 Å². The zero-order valence-corrected chi connectivity index (χ0v) is 36.4. The van der Waals surface area contributed by atoms with E-state index in [2.05, 4.69) is 108 Å². The summed E-state index contributed by atoms with van der Waals surface area (Å²) in [6, 6.07) is 41.6. The molecule has 0 aromatic heterocycles. The van der Waals surface area contributed by atoms with E-state index in [9.17, 15) is 50.4 Å². The number of halogens is 14. The Bertz CT molecular complexity index is 1280. The Morgan fingerprint density at radius 1 is 0.339 bits per heavy atom. The fraction of sp³-hybridized carbons (Fsp3) is 0.294. The number of hydrogen-bond acceptors (Lipinski definition) is 4. The molecule has 0 saturated heterocycles. The van der Waals surface area contributed by atoms with Crippen LogP contribution < -0.4 is 46.9 Å². The van der Waals surface area contributed by atoms with Crippen molar-refractivity contribution in [2.45, 2.75) is 25.7 Å². The van der Waals surface area contributed by atoms with E-state index >= 15 is 0 Å². The number of benzene rings is 4. The van der Waals surface area contributed by atoms with Crippen LogP contribution in [0.4, 0.5) is 50.4 Å². The molecule has 0 heterocycles. The van der Waals surface area contributed by atoms with Crippen molar-refractivity contribution >= 4 is 15.6 Å². The monoisotopic (exact) mass is 1070 g/mol. The zero-order valence-electron chi connectivity index (χ0n) is 29.7. The second kappa shape index (κ2) is 28.1. The maximum Gasteiger partial charge on any atom is 2.00 e. The molecule has 4 nitrogen and oxygen atoms in total. The molecule has 56 heavy (non-hydrogen) atoms. The molecule has 0 saturated carbocycles. The first kappa shape index (κ1) is 63.7. The Labute approximate surface area is 358 Å². The Kier molecular flexibility index (Phi) is 32.0. The molecule has 22 heteroatoms. The van der Waals surface area contributed by atoms with Crippen molar-refractivity contribution in [3.05, 3.63) is 121 Å². The van der Waals surface area contributed by atoms with Gasteiger partial charge in [0, 0.05) is 26.2 Å². The van der Waals surface area contributed by atoms with Gasteiger partial charge in [0.25, 0.3) is 0 Å². The molecule has 4 aromatic carbocycles.